The molecule has 0 saturated carbocycles. The molecular weight excluding hydrogens is 395 g/mol. The van der Waals surface area contributed by atoms with E-state index >= 15 is 0 Å². The van der Waals surface area contributed by atoms with Crippen LogP contribution in [0.1, 0.15) is 85.2 Å². The summed E-state index contributed by atoms with van der Waals surface area (Å²) in [7, 11) is -1.00. The molecule has 0 aliphatic rings. The number of nitrogens with zero attached hydrogens (tertiary/aromatic N) is 2. The molecular formula is C24H43N2O3P. The third kappa shape index (κ3) is 7.92. The minimum Gasteiger partial charge on any atom is -0.462 e. The van der Waals surface area contributed by atoms with E-state index in [1.54, 1.807) is 0 Å². The van der Waals surface area contributed by atoms with Crippen LogP contribution < -0.4 is 0 Å². The molecule has 0 heterocycles. The maximum absolute atomic E-state index is 12.6. The standard InChI is InChI=1S/C24H43N2O3P/c1-17(2)15-28-24(27)23-14-12-11-13-22(23)16-29-30(25(18(3)4)19(5)6)26(20(7)8)21(9)10/h11-14,17-21H,15-16H2,1-10H3. The first-order valence-electron chi connectivity index (χ1n) is 11.2. The monoisotopic (exact) mass is 438 g/mol. The van der Waals surface area contributed by atoms with Gasteiger partial charge in [-0.15, -0.1) is 0 Å². The van der Waals surface area contributed by atoms with Gasteiger partial charge in [-0.2, -0.15) is 0 Å². The number of carbonyl (C=O) groups is 1. The van der Waals surface area contributed by atoms with Crippen LogP contribution in [-0.2, 0) is 15.9 Å². The SMILES string of the molecule is CC(C)COC(=O)c1ccccc1COP(N(C(C)C)C(C)C)N(C(C)C)C(C)C. The highest BCUT2D eigenvalue weighted by atomic mass is 31.2. The summed E-state index contributed by atoms with van der Waals surface area (Å²) in [4.78, 5) is 12.6. The molecule has 0 aliphatic heterocycles. The molecule has 0 unspecified atom stereocenters. The molecule has 172 valence electrons. The van der Waals surface area contributed by atoms with Gasteiger partial charge in [0.25, 0.3) is 0 Å². The third-order valence-electron chi connectivity index (χ3n) is 4.63. The van der Waals surface area contributed by atoms with Crippen molar-refractivity contribution < 1.29 is 14.1 Å². The molecule has 30 heavy (non-hydrogen) atoms. The molecule has 0 amide bonds. The Hall–Kier alpha value is -1.00. The zero-order valence-electron chi connectivity index (χ0n) is 20.7. The lowest BCUT2D eigenvalue weighted by atomic mass is 10.1. The molecule has 0 bridgehead atoms. The second-order valence-electron chi connectivity index (χ2n) is 9.31. The summed E-state index contributed by atoms with van der Waals surface area (Å²) < 4.78 is 17.0. The zero-order chi connectivity index (χ0) is 23.0. The highest BCUT2D eigenvalue weighted by Crippen LogP contribution is 2.51. The van der Waals surface area contributed by atoms with Crippen LogP contribution in [0.15, 0.2) is 24.3 Å². The molecule has 1 rings (SSSR count). The summed E-state index contributed by atoms with van der Waals surface area (Å²) in [6, 6.07) is 9.01. The predicted molar refractivity (Wildman–Crippen MR) is 127 cm³/mol. The van der Waals surface area contributed by atoms with Gasteiger partial charge in [0.15, 0.2) is 8.45 Å². The van der Waals surface area contributed by atoms with E-state index in [-0.39, 0.29) is 5.97 Å². The summed E-state index contributed by atoms with van der Waals surface area (Å²) in [6.07, 6.45) is 0. The van der Waals surface area contributed by atoms with E-state index in [1.807, 2.05) is 38.1 Å². The molecule has 1 aromatic rings. The van der Waals surface area contributed by atoms with E-state index in [4.69, 9.17) is 9.26 Å². The smallest absolute Gasteiger partial charge is 0.338 e. The molecule has 0 fully saturated rings. The van der Waals surface area contributed by atoms with Gasteiger partial charge in [0.1, 0.15) is 0 Å². The van der Waals surface area contributed by atoms with Gasteiger partial charge >= 0.3 is 5.97 Å². The van der Waals surface area contributed by atoms with Crippen molar-refractivity contribution >= 4 is 14.4 Å². The Balaban J connectivity index is 3.16. The largest absolute Gasteiger partial charge is 0.462 e. The predicted octanol–water partition coefficient (Wildman–Crippen LogP) is 6.48. The fourth-order valence-corrected chi connectivity index (χ4v) is 5.87. The van der Waals surface area contributed by atoms with Crippen molar-refractivity contribution in [1.82, 2.24) is 9.34 Å². The average molecular weight is 439 g/mol. The van der Waals surface area contributed by atoms with Gasteiger partial charge in [-0.1, -0.05) is 32.0 Å². The summed E-state index contributed by atoms with van der Waals surface area (Å²) in [6.45, 7) is 22.6. The van der Waals surface area contributed by atoms with Gasteiger partial charge in [-0.25, -0.2) is 14.1 Å². The van der Waals surface area contributed by atoms with Crippen molar-refractivity contribution in [2.24, 2.45) is 5.92 Å². The molecule has 0 saturated heterocycles. The summed E-state index contributed by atoms with van der Waals surface area (Å²) in [5, 5.41) is 0. The number of carbonyl (C=O) groups excluding carboxylic acids is 1. The number of hydrogen-bond acceptors (Lipinski definition) is 5. The number of hydrogen-bond donors (Lipinski definition) is 0. The maximum Gasteiger partial charge on any atom is 0.338 e. The molecule has 0 spiro atoms. The first-order chi connectivity index (χ1) is 14.0. The van der Waals surface area contributed by atoms with E-state index < -0.39 is 8.45 Å². The first kappa shape index (κ1) is 27.0. The van der Waals surface area contributed by atoms with E-state index in [0.29, 0.717) is 48.9 Å². The first-order valence-corrected chi connectivity index (χ1v) is 12.4. The molecule has 0 aliphatic carbocycles. The van der Waals surface area contributed by atoms with Gasteiger partial charge < -0.3 is 9.26 Å². The molecule has 0 atom stereocenters. The van der Waals surface area contributed by atoms with Crippen LogP contribution >= 0.6 is 8.45 Å². The van der Waals surface area contributed by atoms with Crippen LogP contribution in [-0.4, -0.2) is 46.1 Å². The summed E-state index contributed by atoms with van der Waals surface area (Å²) >= 11 is 0. The molecule has 0 aromatic heterocycles. The molecule has 0 radical (unpaired) electrons. The van der Waals surface area contributed by atoms with Gasteiger partial charge in [0.05, 0.1) is 18.8 Å². The van der Waals surface area contributed by atoms with E-state index in [9.17, 15) is 4.79 Å². The molecule has 6 heteroatoms. The minimum atomic E-state index is -1.00. The summed E-state index contributed by atoms with van der Waals surface area (Å²) in [5.41, 5.74) is 1.47. The van der Waals surface area contributed by atoms with E-state index in [1.165, 1.54) is 0 Å². The quantitative estimate of drug-likeness (QED) is 0.276. The van der Waals surface area contributed by atoms with Crippen LogP contribution in [0.25, 0.3) is 0 Å². The van der Waals surface area contributed by atoms with Crippen molar-refractivity contribution in [3.63, 3.8) is 0 Å². The van der Waals surface area contributed by atoms with Crippen molar-refractivity contribution in [2.45, 2.75) is 100 Å². The topological polar surface area (TPSA) is 42.0 Å². The second kappa shape index (κ2) is 12.8. The maximum atomic E-state index is 12.6. The highest BCUT2D eigenvalue weighted by Gasteiger charge is 2.34. The lowest BCUT2D eigenvalue weighted by Crippen LogP contribution is -2.43. The molecule has 1 aromatic carbocycles. The van der Waals surface area contributed by atoms with Crippen LogP contribution in [0, 0.1) is 5.92 Å². The Kier molecular flexibility index (Phi) is 11.5. The summed E-state index contributed by atoms with van der Waals surface area (Å²) in [5.74, 6) is 0.0304. The van der Waals surface area contributed by atoms with Crippen LogP contribution in [0.5, 0.6) is 0 Å². The highest BCUT2D eigenvalue weighted by molar-refractivity contribution is 7.47. The Morgan fingerprint density at radius 3 is 1.73 bits per heavy atom. The number of esters is 1. The fourth-order valence-electron chi connectivity index (χ4n) is 3.53. The van der Waals surface area contributed by atoms with Crippen LogP contribution in [0.2, 0.25) is 0 Å². The Labute approximate surface area is 186 Å². The fraction of sp³-hybridized carbons (Fsp3) is 0.708. The van der Waals surface area contributed by atoms with Crippen molar-refractivity contribution in [3.8, 4) is 0 Å². The Bertz CT molecular complexity index is 611. The normalized spacial score (nSPS) is 12.6. The van der Waals surface area contributed by atoms with Crippen molar-refractivity contribution in [2.75, 3.05) is 6.61 Å². The Morgan fingerprint density at radius 1 is 0.833 bits per heavy atom. The lowest BCUT2D eigenvalue weighted by molar-refractivity contribution is 0.0455. The van der Waals surface area contributed by atoms with Crippen LogP contribution in [0.4, 0.5) is 0 Å². The Morgan fingerprint density at radius 2 is 1.30 bits per heavy atom. The van der Waals surface area contributed by atoms with E-state index in [2.05, 4.69) is 64.7 Å². The van der Waals surface area contributed by atoms with Crippen molar-refractivity contribution in [1.29, 1.82) is 0 Å². The molecule has 0 N–H and O–H groups in total. The number of benzene rings is 1. The second-order valence-corrected chi connectivity index (χ2v) is 11.0. The average Bonchev–Trinajstić information content (AvgIpc) is 2.63. The minimum absolute atomic E-state index is 0.277. The van der Waals surface area contributed by atoms with Gasteiger partial charge in [-0.3, -0.25) is 0 Å². The van der Waals surface area contributed by atoms with Crippen molar-refractivity contribution in [3.05, 3.63) is 35.4 Å². The lowest BCUT2D eigenvalue weighted by Gasteiger charge is -2.45. The van der Waals surface area contributed by atoms with Gasteiger partial charge in [0, 0.05) is 24.2 Å². The zero-order valence-corrected chi connectivity index (χ0v) is 21.6. The van der Waals surface area contributed by atoms with Crippen LogP contribution in [0.3, 0.4) is 0 Å². The number of ether oxygens (including phenoxy) is 1. The van der Waals surface area contributed by atoms with Gasteiger partial charge in [0.2, 0.25) is 0 Å². The third-order valence-corrected chi connectivity index (χ3v) is 7.63. The number of rotatable bonds is 12. The van der Waals surface area contributed by atoms with E-state index in [0.717, 1.165) is 5.56 Å². The van der Waals surface area contributed by atoms with Gasteiger partial charge in [-0.05, 0) is 72.9 Å². The molecule has 5 nitrogen and oxygen atoms in total.